The van der Waals surface area contributed by atoms with Crippen LogP contribution in [0.1, 0.15) is 0 Å². The van der Waals surface area contributed by atoms with Gasteiger partial charge in [-0.3, -0.25) is 0 Å². The first-order valence-electron chi connectivity index (χ1n) is 19.2. The number of para-hydroxylation sites is 3. The summed E-state index contributed by atoms with van der Waals surface area (Å²) in [6.45, 7) is 0. The Hall–Kier alpha value is -7.76. The Morgan fingerprint density at radius 2 is 0.825 bits per heavy atom. The lowest BCUT2D eigenvalue weighted by atomic mass is 10.1. The highest BCUT2D eigenvalue weighted by molar-refractivity contribution is 6.24. The molecule has 0 fully saturated rings. The molecule has 0 aliphatic carbocycles. The lowest BCUT2D eigenvalue weighted by Crippen LogP contribution is -1.98. The van der Waals surface area contributed by atoms with Crippen molar-refractivity contribution in [3.63, 3.8) is 0 Å². The lowest BCUT2D eigenvalue weighted by Gasteiger charge is -2.12. The Morgan fingerprint density at radius 1 is 0.333 bits per heavy atom. The second-order valence-electron chi connectivity index (χ2n) is 14.6. The van der Waals surface area contributed by atoms with Gasteiger partial charge in [0, 0.05) is 60.4 Å². The minimum atomic E-state index is 0.668. The van der Waals surface area contributed by atoms with Crippen molar-refractivity contribution in [1.82, 2.24) is 19.1 Å². The highest BCUT2D eigenvalue weighted by Gasteiger charge is 2.22. The Labute approximate surface area is 327 Å². The van der Waals surface area contributed by atoms with Gasteiger partial charge in [-0.05, 0) is 66.7 Å². The number of hydrogen-bond acceptors (Lipinski definition) is 3. The van der Waals surface area contributed by atoms with Crippen LogP contribution in [0, 0.1) is 0 Å². The Morgan fingerprint density at radius 3 is 1.42 bits per heavy atom. The quantitative estimate of drug-likeness (QED) is 0.177. The molecule has 57 heavy (non-hydrogen) atoms. The van der Waals surface area contributed by atoms with E-state index in [1.54, 1.807) is 0 Å². The van der Waals surface area contributed by atoms with Crippen molar-refractivity contribution in [2.75, 3.05) is 0 Å². The molecule has 12 aromatic rings. The van der Waals surface area contributed by atoms with E-state index >= 15 is 0 Å². The number of furan rings is 1. The fraction of sp³-hybridized carbons (Fsp3) is 0. The minimum absolute atomic E-state index is 0.668. The van der Waals surface area contributed by atoms with Gasteiger partial charge in [0.15, 0.2) is 5.82 Å². The predicted molar refractivity (Wildman–Crippen MR) is 234 cm³/mol. The number of benzene rings is 8. The number of nitrogens with zero attached hydrogens (tertiary/aromatic N) is 4. The molecule has 266 valence electrons. The van der Waals surface area contributed by atoms with E-state index in [0.717, 1.165) is 66.9 Å². The van der Waals surface area contributed by atoms with Crippen LogP contribution in [-0.2, 0) is 0 Å². The van der Waals surface area contributed by atoms with Gasteiger partial charge in [0.25, 0.3) is 0 Å². The van der Waals surface area contributed by atoms with Crippen molar-refractivity contribution >= 4 is 65.6 Å². The van der Waals surface area contributed by atoms with E-state index in [-0.39, 0.29) is 0 Å². The molecule has 0 saturated heterocycles. The monoisotopic (exact) mass is 728 g/mol. The number of rotatable bonds is 5. The van der Waals surface area contributed by atoms with Crippen LogP contribution in [0.3, 0.4) is 0 Å². The van der Waals surface area contributed by atoms with Gasteiger partial charge < -0.3 is 13.6 Å². The summed E-state index contributed by atoms with van der Waals surface area (Å²) in [6.07, 6.45) is 0. The third-order valence-electron chi connectivity index (χ3n) is 11.3. The summed E-state index contributed by atoms with van der Waals surface area (Å²) >= 11 is 0. The van der Waals surface area contributed by atoms with Crippen LogP contribution in [0.2, 0.25) is 0 Å². The molecular formula is C52H32N4O. The van der Waals surface area contributed by atoms with Crippen molar-refractivity contribution in [2.45, 2.75) is 0 Å². The molecule has 0 aliphatic rings. The van der Waals surface area contributed by atoms with E-state index in [0.29, 0.717) is 5.82 Å². The van der Waals surface area contributed by atoms with Gasteiger partial charge in [-0.1, -0.05) is 127 Å². The molecular weight excluding hydrogens is 697 g/mol. The average Bonchev–Trinajstić information content (AvgIpc) is 3.94. The molecule has 12 rings (SSSR count). The van der Waals surface area contributed by atoms with Gasteiger partial charge in [0.05, 0.1) is 33.5 Å². The summed E-state index contributed by atoms with van der Waals surface area (Å²) in [6, 6.07) is 68.3. The first-order chi connectivity index (χ1) is 28.3. The van der Waals surface area contributed by atoms with Crippen molar-refractivity contribution < 1.29 is 4.42 Å². The highest BCUT2D eigenvalue weighted by atomic mass is 16.3. The maximum Gasteiger partial charge on any atom is 0.160 e. The predicted octanol–water partition coefficient (Wildman–Crippen LogP) is 13.6. The zero-order valence-corrected chi connectivity index (χ0v) is 30.7. The third-order valence-corrected chi connectivity index (χ3v) is 11.3. The van der Waals surface area contributed by atoms with E-state index in [2.05, 4.69) is 161 Å². The number of aromatic nitrogens is 4. The molecule has 0 aliphatic heterocycles. The van der Waals surface area contributed by atoms with Crippen LogP contribution in [0.15, 0.2) is 199 Å². The Kier molecular flexibility index (Phi) is 6.86. The highest BCUT2D eigenvalue weighted by Crippen LogP contribution is 2.43. The van der Waals surface area contributed by atoms with Crippen LogP contribution < -0.4 is 0 Å². The van der Waals surface area contributed by atoms with Crippen LogP contribution >= 0.6 is 0 Å². The van der Waals surface area contributed by atoms with E-state index in [1.807, 2.05) is 42.5 Å². The minimum Gasteiger partial charge on any atom is -0.456 e. The maximum absolute atomic E-state index is 6.51. The van der Waals surface area contributed by atoms with Crippen LogP contribution in [0.25, 0.3) is 111 Å². The largest absolute Gasteiger partial charge is 0.456 e. The van der Waals surface area contributed by atoms with Crippen LogP contribution in [-0.4, -0.2) is 19.1 Å². The average molecular weight is 729 g/mol. The molecule has 0 atom stereocenters. The van der Waals surface area contributed by atoms with Crippen molar-refractivity contribution in [3.05, 3.63) is 194 Å². The summed E-state index contributed by atoms with van der Waals surface area (Å²) < 4.78 is 11.4. The molecule has 0 spiro atoms. The van der Waals surface area contributed by atoms with Crippen molar-refractivity contribution in [1.29, 1.82) is 0 Å². The molecule has 0 amide bonds. The lowest BCUT2D eigenvalue weighted by molar-refractivity contribution is 0.669. The molecule has 0 unspecified atom stereocenters. The van der Waals surface area contributed by atoms with Gasteiger partial charge in [-0.2, -0.15) is 0 Å². The molecule has 0 radical (unpaired) electrons. The Balaban J connectivity index is 1.11. The van der Waals surface area contributed by atoms with E-state index in [4.69, 9.17) is 14.4 Å². The van der Waals surface area contributed by atoms with Crippen LogP contribution in [0.5, 0.6) is 0 Å². The van der Waals surface area contributed by atoms with Gasteiger partial charge in [-0.25, -0.2) is 9.97 Å². The molecule has 4 heterocycles. The Bertz CT molecular complexity index is 3450. The van der Waals surface area contributed by atoms with Gasteiger partial charge in [-0.15, -0.1) is 0 Å². The normalized spacial score (nSPS) is 11.9. The standard InChI is InChI=1S/C52H32N4O/c1-4-14-33(15-5-1)44-32-45(34-16-6-2-7-17-34)54-52(53-44)35-24-28-48-42(30-35)43-31-37(25-29-49(43)57-48)56-47-23-13-11-21-39(47)41-27-26-40-38-20-10-12-22-46(38)55(50(40)51(41)56)36-18-8-3-9-19-36/h1-32H. The molecule has 0 bridgehead atoms. The summed E-state index contributed by atoms with van der Waals surface area (Å²) in [5.74, 6) is 0.668. The van der Waals surface area contributed by atoms with Gasteiger partial charge in [0.2, 0.25) is 0 Å². The molecule has 5 heteroatoms. The smallest absolute Gasteiger partial charge is 0.160 e. The first kappa shape index (κ1) is 31.6. The molecule has 0 saturated carbocycles. The summed E-state index contributed by atoms with van der Waals surface area (Å²) in [7, 11) is 0. The molecule has 8 aromatic carbocycles. The summed E-state index contributed by atoms with van der Waals surface area (Å²) in [5.41, 5.74) is 13.3. The fourth-order valence-corrected chi connectivity index (χ4v) is 8.75. The van der Waals surface area contributed by atoms with Crippen molar-refractivity contribution in [3.8, 4) is 45.3 Å². The van der Waals surface area contributed by atoms with E-state index in [9.17, 15) is 0 Å². The van der Waals surface area contributed by atoms with Gasteiger partial charge in [0.1, 0.15) is 11.2 Å². The van der Waals surface area contributed by atoms with Crippen molar-refractivity contribution in [2.24, 2.45) is 0 Å². The topological polar surface area (TPSA) is 48.8 Å². The van der Waals surface area contributed by atoms with Crippen LogP contribution in [0.4, 0.5) is 0 Å². The maximum atomic E-state index is 6.51. The third kappa shape index (κ3) is 4.89. The van der Waals surface area contributed by atoms with E-state index < -0.39 is 0 Å². The zero-order valence-electron chi connectivity index (χ0n) is 30.7. The number of hydrogen-bond donors (Lipinski definition) is 0. The number of fused-ring (bicyclic) bond motifs is 10. The molecule has 5 nitrogen and oxygen atoms in total. The van der Waals surface area contributed by atoms with Gasteiger partial charge >= 0.3 is 0 Å². The second-order valence-corrected chi connectivity index (χ2v) is 14.6. The molecule has 4 aromatic heterocycles. The fourth-order valence-electron chi connectivity index (χ4n) is 8.75. The summed E-state index contributed by atoms with van der Waals surface area (Å²) in [5, 5.41) is 6.92. The van der Waals surface area contributed by atoms with E-state index in [1.165, 1.54) is 38.1 Å². The zero-order chi connectivity index (χ0) is 37.5. The first-order valence-corrected chi connectivity index (χ1v) is 19.2. The second kappa shape index (κ2) is 12.4. The SMILES string of the molecule is c1ccc(-c2cc(-c3ccccc3)nc(-c3ccc4oc5ccc(-n6c7ccccc7c7ccc8c9ccccc9n(-c9ccccc9)c8c76)cc5c4c3)n2)cc1. The summed E-state index contributed by atoms with van der Waals surface area (Å²) in [4.78, 5) is 10.3. The molecule has 0 N–H and O–H groups in total.